The van der Waals surface area contributed by atoms with Crippen LogP contribution in [0.2, 0.25) is 5.02 Å². The van der Waals surface area contributed by atoms with E-state index in [2.05, 4.69) is 21.6 Å². The van der Waals surface area contributed by atoms with Crippen molar-refractivity contribution in [2.75, 3.05) is 18.2 Å². The van der Waals surface area contributed by atoms with E-state index in [9.17, 15) is 4.79 Å². The predicted octanol–water partition coefficient (Wildman–Crippen LogP) is 5.20. The van der Waals surface area contributed by atoms with Gasteiger partial charge in [-0.15, -0.1) is 10.2 Å². The molecule has 0 spiro atoms. The lowest BCUT2D eigenvalue weighted by molar-refractivity contribution is -0.113. The molecule has 0 unspecified atom stereocenters. The molecular formula is C24H18ClN5O2S. The maximum atomic E-state index is 12.5. The fraction of sp³-hybridized carbons (Fsp3) is 0.0833. The summed E-state index contributed by atoms with van der Waals surface area (Å²) in [6.07, 6.45) is 0. The first-order valence-corrected chi connectivity index (χ1v) is 11.2. The van der Waals surface area contributed by atoms with Crippen molar-refractivity contribution in [2.45, 2.75) is 5.16 Å². The summed E-state index contributed by atoms with van der Waals surface area (Å²) in [6, 6.07) is 23.6. The smallest absolute Gasteiger partial charge is 0.234 e. The number of carbonyl (C=O) groups is 1. The normalized spacial score (nSPS) is 10.5. The first-order chi connectivity index (χ1) is 16.1. The number of ether oxygens (including phenoxy) is 1. The molecule has 1 aromatic heterocycles. The van der Waals surface area contributed by atoms with Crippen LogP contribution in [0.3, 0.4) is 0 Å². The first kappa shape index (κ1) is 22.4. The van der Waals surface area contributed by atoms with E-state index in [-0.39, 0.29) is 11.7 Å². The van der Waals surface area contributed by atoms with Gasteiger partial charge in [0.05, 0.1) is 29.5 Å². The molecule has 0 aliphatic heterocycles. The standard InChI is InChI=1S/C24H18ClN5O2S/c1-32-19-12-10-18(11-13-19)30-23(20-4-2-3-5-21(20)25)28-29-24(30)33-15-22(31)27-17-8-6-16(14-26)7-9-17/h2-13H,15H2,1H3,(H,27,31). The van der Waals surface area contributed by atoms with Crippen LogP contribution in [0.25, 0.3) is 17.1 Å². The average Bonchev–Trinajstić information content (AvgIpc) is 3.27. The fourth-order valence-electron chi connectivity index (χ4n) is 3.10. The summed E-state index contributed by atoms with van der Waals surface area (Å²) in [7, 11) is 1.61. The van der Waals surface area contributed by atoms with Gasteiger partial charge in [-0.1, -0.05) is 35.5 Å². The van der Waals surface area contributed by atoms with Gasteiger partial charge in [0.2, 0.25) is 5.91 Å². The number of halogens is 1. The maximum absolute atomic E-state index is 12.5. The number of carbonyl (C=O) groups excluding carboxylic acids is 1. The van der Waals surface area contributed by atoms with E-state index in [1.165, 1.54) is 11.8 Å². The number of nitriles is 1. The molecule has 0 fully saturated rings. The summed E-state index contributed by atoms with van der Waals surface area (Å²) in [5, 5.41) is 21.5. The molecule has 1 heterocycles. The molecule has 1 N–H and O–H groups in total. The van der Waals surface area contributed by atoms with Crippen molar-refractivity contribution < 1.29 is 9.53 Å². The van der Waals surface area contributed by atoms with Gasteiger partial charge in [0.15, 0.2) is 11.0 Å². The van der Waals surface area contributed by atoms with Crippen LogP contribution in [-0.2, 0) is 4.79 Å². The van der Waals surface area contributed by atoms with E-state index < -0.39 is 0 Å². The Labute approximate surface area is 200 Å². The van der Waals surface area contributed by atoms with Gasteiger partial charge >= 0.3 is 0 Å². The third-order valence-corrected chi connectivity index (χ3v) is 5.97. The Kier molecular flexibility index (Phi) is 6.93. The molecular weight excluding hydrogens is 458 g/mol. The Morgan fingerprint density at radius 3 is 2.48 bits per heavy atom. The molecule has 0 saturated heterocycles. The lowest BCUT2D eigenvalue weighted by Gasteiger charge is -2.12. The highest BCUT2D eigenvalue weighted by atomic mass is 35.5. The highest BCUT2D eigenvalue weighted by molar-refractivity contribution is 7.99. The molecule has 0 saturated carbocycles. The molecule has 4 rings (SSSR count). The second kappa shape index (κ2) is 10.2. The molecule has 3 aromatic carbocycles. The number of nitrogens with zero attached hydrogens (tertiary/aromatic N) is 4. The van der Waals surface area contributed by atoms with E-state index in [0.29, 0.717) is 27.3 Å². The molecule has 0 aliphatic rings. The fourth-order valence-corrected chi connectivity index (χ4v) is 4.07. The number of amides is 1. The zero-order valence-electron chi connectivity index (χ0n) is 17.5. The monoisotopic (exact) mass is 475 g/mol. The van der Waals surface area contributed by atoms with Gasteiger partial charge in [0, 0.05) is 16.9 Å². The minimum atomic E-state index is -0.201. The molecule has 0 bridgehead atoms. The second-order valence-electron chi connectivity index (χ2n) is 6.85. The van der Waals surface area contributed by atoms with Crippen LogP contribution in [0.15, 0.2) is 78.0 Å². The summed E-state index contributed by atoms with van der Waals surface area (Å²) in [5.41, 5.74) is 2.69. The van der Waals surface area contributed by atoms with Crippen LogP contribution in [0.1, 0.15) is 5.56 Å². The van der Waals surface area contributed by atoms with Crippen LogP contribution in [0, 0.1) is 11.3 Å². The highest BCUT2D eigenvalue weighted by Crippen LogP contribution is 2.32. The number of benzene rings is 3. The summed E-state index contributed by atoms with van der Waals surface area (Å²) < 4.78 is 7.12. The molecule has 4 aromatic rings. The van der Waals surface area contributed by atoms with Crippen LogP contribution >= 0.6 is 23.4 Å². The van der Waals surface area contributed by atoms with Gasteiger partial charge in [0.25, 0.3) is 0 Å². The van der Waals surface area contributed by atoms with Crippen molar-refractivity contribution in [1.82, 2.24) is 14.8 Å². The van der Waals surface area contributed by atoms with Gasteiger partial charge in [-0.3, -0.25) is 9.36 Å². The maximum Gasteiger partial charge on any atom is 0.234 e. The van der Waals surface area contributed by atoms with Crippen LogP contribution in [0.4, 0.5) is 5.69 Å². The molecule has 0 radical (unpaired) electrons. The Bertz CT molecular complexity index is 1310. The lowest BCUT2D eigenvalue weighted by Crippen LogP contribution is -2.14. The Hall–Kier alpha value is -3.80. The summed E-state index contributed by atoms with van der Waals surface area (Å²) >= 11 is 7.68. The van der Waals surface area contributed by atoms with Gasteiger partial charge in [0.1, 0.15) is 5.75 Å². The second-order valence-corrected chi connectivity index (χ2v) is 8.20. The zero-order valence-corrected chi connectivity index (χ0v) is 19.1. The van der Waals surface area contributed by atoms with Crippen molar-refractivity contribution >= 4 is 35.0 Å². The molecule has 0 atom stereocenters. The minimum absolute atomic E-state index is 0.122. The number of anilines is 1. The number of methoxy groups -OCH3 is 1. The Balaban J connectivity index is 1.60. The van der Waals surface area contributed by atoms with Crippen molar-refractivity contribution in [3.05, 3.63) is 83.4 Å². The SMILES string of the molecule is COc1ccc(-n2c(SCC(=O)Nc3ccc(C#N)cc3)nnc2-c2ccccc2Cl)cc1. The van der Waals surface area contributed by atoms with Gasteiger partial charge in [-0.25, -0.2) is 0 Å². The number of hydrogen-bond donors (Lipinski definition) is 1. The van der Waals surface area contributed by atoms with Gasteiger partial charge in [-0.2, -0.15) is 5.26 Å². The summed E-state index contributed by atoms with van der Waals surface area (Å²) in [6.45, 7) is 0. The number of hydrogen-bond acceptors (Lipinski definition) is 6. The summed E-state index contributed by atoms with van der Waals surface area (Å²) in [5.74, 6) is 1.22. The van der Waals surface area contributed by atoms with Gasteiger partial charge in [-0.05, 0) is 60.7 Å². The van der Waals surface area contributed by atoms with Crippen molar-refractivity contribution in [3.8, 4) is 28.9 Å². The van der Waals surface area contributed by atoms with E-state index in [1.807, 2.05) is 47.0 Å². The van der Waals surface area contributed by atoms with Crippen LogP contribution in [-0.4, -0.2) is 33.5 Å². The molecule has 9 heteroatoms. The molecule has 0 aliphatic carbocycles. The van der Waals surface area contributed by atoms with E-state index in [4.69, 9.17) is 21.6 Å². The topological polar surface area (TPSA) is 92.8 Å². The Morgan fingerprint density at radius 1 is 1.09 bits per heavy atom. The zero-order chi connectivity index (χ0) is 23.2. The minimum Gasteiger partial charge on any atom is -0.497 e. The largest absolute Gasteiger partial charge is 0.497 e. The number of aromatic nitrogens is 3. The van der Waals surface area contributed by atoms with Crippen molar-refractivity contribution in [1.29, 1.82) is 5.26 Å². The average molecular weight is 476 g/mol. The van der Waals surface area contributed by atoms with E-state index in [1.54, 1.807) is 37.4 Å². The molecule has 7 nitrogen and oxygen atoms in total. The number of nitrogens with one attached hydrogen (secondary N) is 1. The van der Waals surface area contributed by atoms with Crippen LogP contribution in [0.5, 0.6) is 5.75 Å². The number of rotatable bonds is 7. The molecule has 33 heavy (non-hydrogen) atoms. The molecule has 1 amide bonds. The predicted molar refractivity (Wildman–Crippen MR) is 129 cm³/mol. The third kappa shape index (κ3) is 5.17. The summed E-state index contributed by atoms with van der Waals surface area (Å²) in [4.78, 5) is 12.5. The van der Waals surface area contributed by atoms with Crippen LogP contribution < -0.4 is 10.1 Å². The Morgan fingerprint density at radius 2 is 1.82 bits per heavy atom. The number of thioether (sulfide) groups is 1. The highest BCUT2D eigenvalue weighted by Gasteiger charge is 2.19. The quantitative estimate of drug-likeness (QED) is 0.369. The lowest BCUT2D eigenvalue weighted by atomic mass is 10.2. The van der Waals surface area contributed by atoms with Crippen molar-refractivity contribution in [3.63, 3.8) is 0 Å². The molecule has 164 valence electrons. The van der Waals surface area contributed by atoms with E-state index in [0.717, 1.165) is 17.0 Å². The van der Waals surface area contributed by atoms with Crippen molar-refractivity contribution in [2.24, 2.45) is 0 Å². The van der Waals surface area contributed by atoms with Gasteiger partial charge < -0.3 is 10.1 Å². The first-order valence-electron chi connectivity index (χ1n) is 9.86. The van der Waals surface area contributed by atoms with E-state index >= 15 is 0 Å². The third-order valence-electron chi connectivity index (χ3n) is 4.71.